The number of nitrogens with zero attached hydrogens (tertiary/aromatic N) is 1. The zero-order valence-corrected chi connectivity index (χ0v) is 17.3. The molecule has 1 N–H and O–H groups in total. The lowest BCUT2D eigenvalue weighted by atomic mass is 10.2. The molecule has 9 heteroatoms. The van der Waals surface area contributed by atoms with Crippen molar-refractivity contribution in [2.75, 3.05) is 38.2 Å². The molecule has 7 nitrogen and oxygen atoms in total. The van der Waals surface area contributed by atoms with Crippen LogP contribution in [-0.4, -0.2) is 57.6 Å². The van der Waals surface area contributed by atoms with Crippen molar-refractivity contribution in [3.05, 3.63) is 23.2 Å². The summed E-state index contributed by atoms with van der Waals surface area (Å²) in [6.45, 7) is 5.74. The molecule has 1 aliphatic heterocycles. The van der Waals surface area contributed by atoms with Crippen LogP contribution in [-0.2, 0) is 24.3 Å². The second-order valence-corrected chi connectivity index (χ2v) is 8.56. The Morgan fingerprint density at radius 3 is 2.74 bits per heavy atom. The molecule has 152 valence electrons. The average molecular weight is 419 g/mol. The van der Waals surface area contributed by atoms with Crippen molar-refractivity contribution in [1.29, 1.82) is 0 Å². The van der Waals surface area contributed by atoms with E-state index in [1.807, 2.05) is 0 Å². The predicted octanol–water partition coefficient (Wildman–Crippen LogP) is 2.89. The van der Waals surface area contributed by atoms with Crippen molar-refractivity contribution in [1.82, 2.24) is 4.31 Å². The highest BCUT2D eigenvalue weighted by Gasteiger charge is 2.25. The number of anilines is 1. The van der Waals surface area contributed by atoms with Crippen LogP contribution in [0.3, 0.4) is 0 Å². The molecule has 1 fully saturated rings. The highest BCUT2D eigenvalue weighted by atomic mass is 35.5. The molecule has 1 unspecified atom stereocenters. The Labute approximate surface area is 166 Å². The van der Waals surface area contributed by atoms with Crippen LogP contribution < -0.4 is 5.32 Å². The third kappa shape index (κ3) is 6.15. The Morgan fingerprint density at radius 2 is 2.11 bits per heavy atom. The maximum absolute atomic E-state index is 12.7. The van der Waals surface area contributed by atoms with E-state index in [0.29, 0.717) is 25.4 Å². The van der Waals surface area contributed by atoms with Gasteiger partial charge in [0.1, 0.15) is 4.90 Å². The molecule has 2 rings (SSSR count). The Hall–Kier alpha value is -1.19. The van der Waals surface area contributed by atoms with Crippen molar-refractivity contribution in [3.8, 4) is 0 Å². The van der Waals surface area contributed by atoms with Gasteiger partial charge in [0.05, 0.1) is 30.8 Å². The number of sulfonamides is 1. The van der Waals surface area contributed by atoms with Gasteiger partial charge in [-0.25, -0.2) is 8.42 Å². The first-order chi connectivity index (χ1) is 12.9. The van der Waals surface area contributed by atoms with E-state index in [-0.39, 0.29) is 35.0 Å². The number of hydrogen-bond donors (Lipinski definition) is 1. The minimum atomic E-state index is -3.71. The van der Waals surface area contributed by atoms with Gasteiger partial charge in [0.2, 0.25) is 15.9 Å². The normalized spacial score (nSPS) is 17.4. The van der Waals surface area contributed by atoms with Gasteiger partial charge in [-0.2, -0.15) is 4.31 Å². The zero-order valence-electron chi connectivity index (χ0n) is 15.7. The molecular formula is C18H27ClN2O5S. The highest BCUT2D eigenvalue weighted by Crippen LogP contribution is 2.27. The van der Waals surface area contributed by atoms with Crippen LogP contribution in [0.2, 0.25) is 5.02 Å². The summed E-state index contributed by atoms with van der Waals surface area (Å²) in [6.07, 6.45) is 2.33. The van der Waals surface area contributed by atoms with Gasteiger partial charge in [-0.1, -0.05) is 25.4 Å². The number of carbonyl (C=O) groups is 1. The molecule has 0 radical (unpaired) electrons. The maximum Gasteiger partial charge on any atom is 0.244 e. The van der Waals surface area contributed by atoms with Gasteiger partial charge in [-0.15, -0.1) is 0 Å². The first-order valence-corrected chi connectivity index (χ1v) is 11.0. The topological polar surface area (TPSA) is 84.9 Å². The largest absolute Gasteiger partial charge is 0.378 e. The fourth-order valence-electron chi connectivity index (χ4n) is 2.86. The lowest BCUT2D eigenvalue weighted by molar-refractivity contribution is -0.117. The summed E-state index contributed by atoms with van der Waals surface area (Å²) in [5.41, 5.74) is 0.384. The number of carbonyl (C=O) groups excluding carboxylic acids is 1. The van der Waals surface area contributed by atoms with Gasteiger partial charge in [0, 0.05) is 25.4 Å². The van der Waals surface area contributed by atoms with E-state index in [2.05, 4.69) is 5.32 Å². The number of amides is 1. The van der Waals surface area contributed by atoms with E-state index in [9.17, 15) is 13.2 Å². The summed E-state index contributed by atoms with van der Waals surface area (Å²) >= 11 is 6.09. The number of rotatable bonds is 10. The average Bonchev–Trinajstić information content (AvgIpc) is 3.14. The van der Waals surface area contributed by atoms with E-state index in [1.165, 1.54) is 16.4 Å². The van der Waals surface area contributed by atoms with Gasteiger partial charge in [-0.05, 0) is 31.0 Å². The summed E-state index contributed by atoms with van der Waals surface area (Å²) in [4.78, 5) is 12.1. The third-order valence-electron chi connectivity index (χ3n) is 4.34. The van der Waals surface area contributed by atoms with Crippen LogP contribution in [0.5, 0.6) is 0 Å². The van der Waals surface area contributed by atoms with Crippen molar-refractivity contribution in [2.45, 2.75) is 44.1 Å². The Kier molecular flexibility index (Phi) is 8.50. The minimum absolute atomic E-state index is 0.0136. The van der Waals surface area contributed by atoms with Crippen LogP contribution in [0, 0.1) is 0 Å². The fraction of sp³-hybridized carbons (Fsp3) is 0.611. The Morgan fingerprint density at radius 1 is 1.37 bits per heavy atom. The van der Waals surface area contributed by atoms with E-state index in [4.69, 9.17) is 21.1 Å². The minimum Gasteiger partial charge on any atom is -0.378 e. The third-order valence-corrected chi connectivity index (χ3v) is 6.87. The molecule has 0 spiro atoms. The van der Waals surface area contributed by atoms with Crippen LogP contribution in [0.25, 0.3) is 0 Å². The van der Waals surface area contributed by atoms with Gasteiger partial charge < -0.3 is 14.8 Å². The molecular weight excluding hydrogens is 392 g/mol. The Bertz CT molecular complexity index is 731. The fourth-order valence-corrected chi connectivity index (χ4v) is 4.82. The summed E-state index contributed by atoms with van der Waals surface area (Å²) in [7, 11) is -3.71. The van der Waals surface area contributed by atoms with E-state index >= 15 is 0 Å². The summed E-state index contributed by atoms with van der Waals surface area (Å²) in [5, 5.41) is 2.82. The maximum atomic E-state index is 12.7. The number of halogens is 1. The molecule has 1 aromatic rings. The Balaban J connectivity index is 1.93. The van der Waals surface area contributed by atoms with E-state index < -0.39 is 10.0 Å². The first kappa shape index (κ1) is 22.1. The lowest BCUT2D eigenvalue weighted by Crippen LogP contribution is -2.30. The van der Waals surface area contributed by atoms with Crippen LogP contribution in [0.15, 0.2) is 23.1 Å². The number of ether oxygens (including phenoxy) is 2. The van der Waals surface area contributed by atoms with Gasteiger partial charge >= 0.3 is 0 Å². The quantitative estimate of drug-likeness (QED) is 0.590. The van der Waals surface area contributed by atoms with E-state index in [1.54, 1.807) is 19.9 Å². The second kappa shape index (κ2) is 10.4. The number of nitrogens with one attached hydrogen (secondary N) is 1. The number of benzene rings is 1. The van der Waals surface area contributed by atoms with Gasteiger partial charge in [0.25, 0.3) is 0 Å². The van der Waals surface area contributed by atoms with Gasteiger partial charge in [-0.3, -0.25) is 4.79 Å². The lowest BCUT2D eigenvalue weighted by Gasteiger charge is -2.19. The first-order valence-electron chi connectivity index (χ1n) is 9.17. The molecule has 1 aromatic carbocycles. The molecule has 1 saturated heterocycles. The molecule has 1 amide bonds. The van der Waals surface area contributed by atoms with Gasteiger partial charge in [0.15, 0.2) is 0 Å². The summed E-state index contributed by atoms with van der Waals surface area (Å²) in [5.74, 6) is -0.254. The van der Waals surface area contributed by atoms with Crippen molar-refractivity contribution in [3.63, 3.8) is 0 Å². The summed E-state index contributed by atoms with van der Waals surface area (Å²) < 4.78 is 37.6. The summed E-state index contributed by atoms with van der Waals surface area (Å²) in [6, 6.07) is 4.44. The van der Waals surface area contributed by atoms with Crippen molar-refractivity contribution < 1.29 is 22.7 Å². The SMILES string of the molecule is CCN(CC)S(=O)(=O)c1cc(NC(=O)CCOCC2CCCO2)ccc1Cl. The molecule has 0 aromatic heterocycles. The van der Waals surface area contributed by atoms with Crippen LogP contribution >= 0.6 is 11.6 Å². The van der Waals surface area contributed by atoms with Crippen molar-refractivity contribution >= 4 is 33.2 Å². The van der Waals surface area contributed by atoms with Crippen LogP contribution in [0.1, 0.15) is 33.1 Å². The predicted molar refractivity (Wildman–Crippen MR) is 105 cm³/mol. The highest BCUT2D eigenvalue weighted by molar-refractivity contribution is 7.89. The molecule has 27 heavy (non-hydrogen) atoms. The second-order valence-electron chi connectivity index (χ2n) is 6.24. The number of hydrogen-bond acceptors (Lipinski definition) is 5. The van der Waals surface area contributed by atoms with Crippen molar-refractivity contribution in [2.24, 2.45) is 0 Å². The molecule has 1 atom stereocenters. The molecule has 0 saturated carbocycles. The van der Waals surface area contributed by atoms with E-state index in [0.717, 1.165) is 19.4 Å². The zero-order chi connectivity index (χ0) is 19.9. The standard InChI is InChI=1S/C18H27ClN2O5S/c1-3-21(4-2)27(23,24)17-12-14(7-8-16(17)19)20-18(22)9-11-25-13-15-6-5-10-26-15/h7-8,12,15H,3-6,9-11,13H2,1-2H3,(H,20,22). The molecule has 1 aliphatic rings. The smallest absolute Gasteiger partial charge is 0.244 e. The molecule has 0 bridgehead atoms. The monoisotopic (exact) mass is 418 g/mol. The molecule has 0 aliphatic carbocycles. The molecule has 1 heterocycles. The van der Waals surface area contributed by atoms with Crippen LogP contribution in [0.4, 0.5) is 5.69 Å².